The summed E-state index contributed by atoms with van der Waals surface area (Å²) in [4.78, 5) is 33.6. The van der Waals surface area contributed by atoms with Gasteiger partial charge in [-0.2, -0.15) is 0 Å². The molecule has 0 aliphatic carbocycles. The van der Waals surface area contributed by atoms with Crippen LogP contribution in [0.1, 0.15) is 52.8 Å². The lowest BCUT2D eigenvalue weighted by Gasteiger charge is -2.26. The molecular weight excluding hydrogens is 352 g/mol. The third kappa shape index (κ3) is 4.16. The van der Waals surface area contributed by atoms with Gasteiger partial charge in [-0.05, 0) is 62.4 Å². The summed E-state index contributed by atoms with van der Waals surface area (Å²) in [7, 11) is 0. The average Bonchev–Trinajstić information content (AvgIpc) is 3.29. The number of aromatic nitrogens is 1. The van der Waals surface area contributed by atoms with Gasteiger partial charge in [-0.25, -0.2) is 0 Å². The fourth-order valence-corrected chi connectivity index (χ4v) is 3.89. The van der Waals surface area contributed by atoms with E-state index >= 15 is 0 Å². The number of hydrogen-bond acceptors (Lipinski definition) is 4. The number of hydrogen-bond donors (Lipinski definition) is 1. The van der Waals surface area contributed by atoms with Crippen molar-refractivity contribution >= 4 is 23.2 Å². The van der Waals surface area contributed by atoms with Gasteiger partial charge in [0.15, 0.2) is 0 Å². The molecule has 3 heterocycles. The molecule has 0 unspecified atom stereocenters. The molecule has 1 aromatic carbocycles. The Bertz CT molecular complexity index is 838. The highest BCUT2D eigenvalue weighted by Gasteiger charge is 2.20. The zero-order valence-electron chi connectivity index (χ0n) is 16.1. The first kappa shape index (κ1) is 18.5. The first-order valence-corrected chi connectivity index (χ1v) is 10.1. The number of nitrogens with one attached hydrogen (secondary N) is 1. The topological polar surface area (TPSA) is 65.5 Å². The summed E-state index contributed by atoms with van der Waals surface area (Å²) in [6, 6.07) is 9.55. The highest BCUT2D eigenvalue weighted by Crippen LogP contribution is 2.22. The lowest BCUT2D eigenvalue weighted by molar-refractivity contribution is 0.0724. The molecule has 6 nitrogen and oxygen atoms in total. The first-order valence-electron chi connectivity index (χ1n) is 10.1. The Morgan fingerprint density at radius 2 is 1.46 bits per heavy atom. The van der Waals surface area contributed by atoms with E-state index in [0.717, 1.165) is 44.7 Å². The van der Waals surface area contributed by atoms with E-state index in [1.54, 1.807) is 12.3 Å². The maximum Gasteiger partial charge on any atom is 0.257 e. The van der Waals surface area contributed by atoms with Crippen molar-refractivity contribution in [2.24, 2.45) is 0 Å². The van der Waals surface area contributed by atoms with E-state index in [1.165, 1.54) is 31.1 Å². The van der Waals surface area contributed by atoms with Crippen LogP contribution in [0.3, 0.4) is 0 Å². The van der Waals surface area contributed by atoms with E-state index in [9.17, 15) is 9.59 Å². The Balaban J connectivity index is 1.42. The summed E-state index contributed by atoms with van der Waals surface area (Å²) < 4.78 is 0. The normalized spacial score (nSPS) is 16.9. The number of nitrogens with zero attached hydrogens (tertiary/aromatic N) is 3. The molecule has 2 aliphatic heterocycles. The molecule has 0 atom stereocenters. The fourth-order valence-electron chi connectivity index (χ4n) is 3.89. The SMILES string of the molecule is O=C(Nc1ccc(N2CCCC2)cc1)c1cncc(C(=O)N2CCCCC2)c1. The lowest BCUT2D eigenvalue weighted by Crippen LogP contribution is -2.35. The molecule has 0 radical (unpaired) electrons. The van der Waals surface area contributed by atoms with Gasteiger partial charge in [-0.3, -0.25) is 14.6 Å². The third-order valence-electron chi connectivity index (χ3n) is 5.49. The highest BCUT2D eigenvalue weighted by molar-refractivity contribution is 6.05. The molecule has 0 saturated carbocycles. The lowest BCUT2D eigenvalue weighted by atomic mass is 10.1. The molecule has 4 rings (SSSR count). The largest absolute Gasteiger partial charge is 0.372 e. The van der Waals surface area contributed by atoms with Crippen molar-refractivity contribution in [3.05, 3.63) is 53.9 Å². The van der Waals surface area contributed by atoms with Gasteiger partial charge in [-0.15, -0.1) is 0 Å². The minimum absolute atomic E-state index is 0.0446. The molecule has 2 amide bonds. The summed E-state index contributed by atoms with van der Waals surface area (Å²) in [5.41, 5.74) is 2.79. The van der Waals surface area contributed by atoms with E-state index in [2.05, 4.69) is 15.2 Å². The maximum atomic E-state index is 12.6. The van der Waals surface area contributed by atoms with Crippen LogP contribution in [0.2, 0.25) is 0 Å². The Morgan fingerprint density at radius 3 is 2.18 bits per heavy atom. The molecule has 1 N–H and O–H groups in total. The van der Waals surface area contributed by atoms with Gasteiger partial charge in [0.2, 0.25) is 0 Å². The molecule has 1 aromatic heterocycles. The van der Waals surface area contributed by atoms with Crippen molar-refractivity contribution in [2.75, 3.05) is 36.4 Å². The third-order valence-corrected chi connectivity index (χ3v) is 5.49. The molecule has 2 aliphatic rings. The molecule has 2 saturated heterocycles. The van der Waals surface area contributed by atoms with Gasteiger partial charge in [0.25, 0.3) is 11.8 Å². The van der Waals surface area contributed by atoms with Crippen molar-refractivity contribution in [2.45, 2.75) is 32.1 Å². The second kappa shape index (κ2) is 8.42. The number of piperidine rings is 1. The molecule has 0 bridgehead atoms. The number of benzene rings is 1. The quantitative estimate of drug-likeness (QED) is 0.883. The number of carbonyl (C=O) groups is 2. The summed E-state index contributed by atoms with van der Waals surface area (Å²) in [5.74, 6) is -0.300. The molecule has 28 heavy (non-hydrogen) atoms. The van der Waals surface area contributed by atoms with Gasteiger partial charge < -0.3 is 15.1 Å². The highest BCUT2D eigenvalue weighted by atomic mass is 16.2. The number of likely N-dealkylation sites (tertiary alicyclic amines) is 1. The standard InChI is InChI=1S/C22H26N4O2/c27-21(24-19-6-8-20(9-7-19)25-10-4-5-11-25)17-14-18(16-23-15-17)22(28)26-12-2-1-3-13-26/h6-9,14-16H,1-5,10-13H2,(H,24,27). The summed E-state index contributed by atoms with van der Waals surface area (Å²) in [6.45, 7) is 3.74. The van der Waals surface area contributed by atoms with Gasteiger partial charge in [-0.1, -0.05) is 0 Å². The summed E-state index contributed by atoms with van der Waals surface area (Å²) in [5, 5.41) is 2.90. The molecule has 0 spiro atoms. The van der Waals surface area contributed by atoms with E-state index in [1.807, 2.05) is 29.2 Å². The zero-order valence-corrected chi connectivity index (χ0v) is 16.1. The number of anilines is 2. The van der Waals surface area contributed by atoms with E-state index in [4.69, 9.17) is 0 Å². The van der Waals surface area contributed by atoms with Gasteiger partial charge >= 0.3 is 0 Å². The van der Waals surface area contributed by atoms with E-state index in [-0.39, 0.29) is 11.8 Å². The van der Waals surface area contributed by atoms with Crippen LogP contribution in [0.15, 0.2) is 42.7 Å². The van der Waals surface area contributed by atoms with Crippen LogP contribution in [0.25, 0.3) is 0 Å². The summed E-state index contributed by atoms with van der Waals surface area (Å²) >= 11 is 0. The van der Waals surface area contributed by atoms with Crippen LogP contribution in [0.4, 0.5) is 11.4 Å². The first-order chi connectivity index (χ1) is 13.7. The maximum absolute atomic E-state index is 12.6. The number of amides is 2. The van der Waals surface area contributed by atoms with Crippen molar-refractivity contribution < 1.29 is 9.59 Å². The molecule has 2 aromatic rings. The van der Waals surface area contributed by atoms with Crippen LogP contribution in [0.5, 0.6) is 0 Å². The van der Waals surface area contributed by atoms with Crippen LogP contribution in [-0.4, -0.2) is 47.9 Å². The molecule has 6 heteroatoms. The van der Waals surface area contributed by atoms with Crippen LogP contribution < -0.4 is 10.2 Å². The van der Waals surface area contributed by atoms with Crippen molar-refractivity contribution in [1.82, 2.24) is 9.88 Å². The minimum Gasteiger partial charge on any atom is -0.372 e. The van der Waals surface area contributed by atoms with E-state index in [0.29, 0.717) is 11.1 Å². The van der Waals surface area contributed by atoms with Gasteiger partial charge in [0.1, 0.15) is 0 Å². The predicted molar refractivity (Wildman–Crippen MR) is 110 cm³/mol. The minimum atomic E-state index is -0.255. The summed E-state index contributed by atoms with van der Waals surface area (Å²) in [6.07, 6.45) is 8.75. The Hall–Kier alpha value is -2.89. The second-order valence-corrected chi connectivity index (χ2v) is 7.51. The van der Waals surface area contributed by atoms with Crippen molar-refractivity contribution in [3.63, 3.8) is 0 Å². The molecular formula is C22H26N4O2. The van der Waals surface area contributed by atoms with Gasteiger partial charge in [0.05, 0.1) is 11.1 Å². The van der Waals surface area contributed by atoms with E-state index < -0.39 is 0 Å². The second-order valence-electron chi connectivity index (χ2n) is 7.51. The van der Waals surface area contributed by atoms with Crippen molar-refractivity contribution in [1.29, 1.82) is 0 Å². The molecule has 146 valence electrons. The zero-order chi connectivity index (χ0) is 19.3. The fraction of sp³-hybridized carbons (Fsp3) is 0.409. The smallest absolute Gasteiger partial charge is 0.257 e. The number of carbonyl (C=O) groups excluding carboxylic acids is 2. The Kier molecular flexibility index (Phi) is 5.55. The van der Waals surface area contributed by atoms with Crippen LogP contribution in [0, 0.1) is 0 Å². The van der Waals surface area contributed by atoms with Crippen LogP contribution >= 0.6 is 0 Å². The Labute approximate surface area is 165 Å². The van der Waals surface area contributed by atoms with Gasteiger partial charge in [0, 0.05) is 49.9 Å². The molecule has 2 fully saturated rings. The predicted octanol–water partition coefficient (Wildman–Crippen LogP) is 3.56. The van der Waals surface area contributed by atoms with Crippen LogP contribution in [-0.2, 0) is 0 Å². The Morgan fingerprint density at radius 1 is 0.821 bits per heavy atom. The number of pyridine rings is 1. The average molecular weight is 378 g/mol. The monoisotopic (exact) mass is 378 g/mol. The number of rotatable bonds is 4. The van der Waals surface area contributed by atoms with Crippen molar-refractivity contribution in [3.8, 4) is 0 Å².